The molecule has 0 aliphatic heterocycles. The number of ketones is 1. The molecule has 0 spiro atoms. The molecule has 2 N–H and O–H groups in total. The Bertz CT molecular complexity index is 1660. The summed E-state index contributed by atoms with van der Waals surface area (Å²) in [4.78, 5) is 25.9. The largest absolute Gasteiger partial charge is 0.322 e. The van der Waals surface area contributed by atoms with Crippen molar-refractivity contribution in [2.75, 3.05) is 10.0 Å². The molecule has 0 saturated heterocycles. The lowest BCUT2D eigenvalue weighted by Crippen LogP contribution is -2.16. The highest BCUT2D eigenvalue weighted by Crippen LogP contribution is 2.27. The quantitative estimate of drug-likeness (QED) is 0.233. The van der Waals surface area contributed by atoms with Crippen LogP contribution < -0.4 is 10.0 Å². The van der Waals surface area contributed by atoms with Gasteiger partial charge in [0.25, 0.3) is 15.9 Å². The normalized spacial score (nSPS) is 11.6. The topological polar surface area (TPSA) is 92.3 Å². The van der Waals surface area contributed by atoms with Crippen LogP contribution in [0.15, 0.2) is 95.9 Å². The second-order valence-electron chi connectivity index (χ2n) is 10.3. The summed E-state index contributed by atoms with van der Waals surface area (Å²) in [7, 11) is -4.06. The van der Waals surface area contributed by atoms with Gasteiger partial charge in [-0.3, -0.25) is 14.3 Å². The third-order valence-electron chi connectivity index (χ3n) is 6.15. The van der Waals surface area contributed by atoms with Gasteiger partial charge in [-0.2, -0.15) is 0 Å². The molecular weight excluding hydrogens is 532 g/mol. The van der Waals surface area contributed by atoms with Crippen molar-refractivity contribution in [1.29, 1.82) is 0 Å². The first kappa shape index (κ1) is 28.1. The Balaban J connectivity index is 1.53. The minimum atomic E-state index is -4.06. The molecular formula is C31H29ClN2O4S. The van der Waals surface area contributed by atoms with Crippen LogP contribution in [0.4, 0.5) is 11.4 Å². The van der Waals surface area contributed by atoms with Gasteiger partial charge in [-0.1, -0.05) is 80.9 Å². The van der Waals surface area contributed by atoms with Crippen molar-refractivity contribution in [3.63, 3.8) is 0 Å². The average Bonchev–Trinajstić information content (AvgIpc) is 2.88. The number of halogens is 1. The van der Waals surface area contributed by atoms with Crippen LogP contribution in [-0.4, -0.2) is 20.1 Å². The number of amides is 1. The molecule has 4 rings (SSSR count). The van der Waals surface area contributed by atoms with E-state index in [0.29, 0.717) is 22.5 Å². The Hall–Kier alpha value is -3.94. The van der Waals surface area contributed by atoms with Gasteiger partial charge in [-0.15, -0.1) is 0 Å². The van der Waals surface area contributed by atoms with E-state index in [1.54, 1.807) is 54.6 Å². The van der Waals surface area contributed by atoms with E-state index in [4.69, 9.17) is 11.6 Å². The second-order valence-corrected chi connectivity index (χ2v) is 12.4. The molecule has 0 heterocycles. The van der Waals surface area contributed by atoms with E-state index >= 15 is 0 Å². The third kappa shape index (κ3) is 6.74. The SMILES string of the molecule is Cc1cccc(NS(=O)(=O)c2cc(C(=O)Nc3cccc(C(=O)c4ccc(C(C)(C)C)cc4)c3)ccc2Cl)c1. The fourth-order valence-corrected chi connectivity index (χ4v) is 5.58. The maximum absolute atomic E-state index is 13.1. The summed E-state index contributed by atoms with van der Waals surface area (Å²) in [5.74, 6) is -0.716. The van der Waals surface area contributed by atoms with Gasteiger partial charge in [0.1, 0.15) is 4.90 Å². The summed E-state index contributed by atoms with van der Waals surface area (Å²) in [5, 5.41) is 2.72. The predicted octanol–water partition coefficient (Wildman–Crippen LogP) is 7.23. The van der Waals surface area contributed by atoms with E-state index in [1.807, 2.05) is 25.1 Å². The highest BCUT2D eigenvalue weighted by molar-refractivity contribution is 7.92. The molecule has 6 nitrogen and oxygen atoms in total. The maximum Gasteiger partial charge on any atom is 0.263 e. The number of benzene rings is 4. The number of anilines is 2. The lowest BCUT2D eigenvalue weighted by Gasteiger charge is -2.19. The van der Waals surface area contributed by atoms with E-state index in [1.165, 1.54) is 18.2 Å². The molecule has 0 aliphatic rings. The standard InChI is InChI=1S/C31H29ClN2O4S/c1-20-7-5-10-26(17-20)34-39(37,38)28-19-23(13-16-27(28)32)30(36)33-25-9-6-8-22(18-25)29(35)21-11-14-24(15-12-21)31(2,3)4/h5-19,34H,1-4H3,(H,33,36). The van der Waals surface area contributed by atoms with Crippen molar-refractivity contribution in [3.05, 3.63) is 124 Å². The monoisotopic (exact) mass is 560 g/mol. The van der Waals surface area contributed by atoms with E-state index in [2.05, 4.69) is 30.8 Å². The minimum absolute atomic E-state index is 0.0169. The van der Waals surface area contributed by atoms with Crippen LogP contribution in [0.25, 0.3) is 0 Å². The van der Waals surface area contributed by atoms with E-state index < -0.39 is 15.9 Å². The summed E-state index contributed by atoms with van der Waals surface area (Å²) in [6.07, 6.45) is 0. The zero-order chi connectivity index (χ0) is 28.4. The fraction of sp³-hybridized carbons (Fsp3) is 0.161. The van der Waals surface area contributed by atoms with Crippen LogP contribution in [0.1, 0.15) is 58.2 Å². The molecule has 0 aliphatic carbocycles. The van der Waals surface area contributed by atoms with Crippen LogP contribution in [0.3, 0.4) is 0 Å². The summed E-state index contributed by atoms with van der Waals surface area (Å²) < 4.78 is 28.6. The Morgan fingerprint density at radius 1 is 0.744 bits per heavy atom. The van der Waals surface area contributed by atoms with Crippen molar-refractivity contribution in [2.24, 2.45) is 0 Å². The Morgan fingerprint density at radius 3 is 2.05 bits per heavy atom. The summed E-state index contributed by atoms with van der Waals surface area (Å²) in [6, 6.07) is 25.0. The van der Waals surface area contributed by atoms with Crippen LogP contribution in [-0.2, 0) is 15.4 Å². The van der Waals surface area contributed by atoms with Gasteiger partial charge in [0.2, 0.25) is 0 Å². The van der Waals surface area contributed by atoms with Crippen LogP contribution in [0.2, 0.25) is 5.02 Å². The Kier molecular flexibility index (Phi) is 7.95. The second kappa shape index (κ2) is 11.0. The van der Waals surface area contributed by atoms with Gasteiger partial charge in [0, 0.05) is 28.1 Å². The average molecular weight is 561 g/mol. The first-order valence-corrected chi connectivity index (χ1v) is 14.2. The molecule has 1 amide bonds. The van der Waals surface area contributed by atoms with Crippen molar-refractivity contribution >= 4 is 44.7 Å². The number of hydrogen-bond donors (Lipinski definition) is 2. The molecule has 0 fully saturated rings. The van der Waals surface area contributed by atoms with Gasteiger partial charge < -0.3 is 5.32 Å². The van der Waals surface area contributed by atoms with Crippen molar-refractivity contribution in [3.8, 4) is 0 Å². The first-order valence-electron chi connectivity index (χ1n) is 12.3. The molecule has 4 aromatic rings. The molecule has 0 saturated carbocycles. The Morgan fingerprint density at radius 2 is 1.38 bits per heavy atom. The predicted molar refractivity (Wildman–Crippen MR) is 156 cm³/mol. The van der Waals surface area contributed by atoms with Gasteiger partial charge in [0.15, 0.2) is 5.78 Å². The van der Waals surface area contributed by atoms with Gasteiger partial charge in [-0.25, -0.2) is 8.42 Å². The molecule has 200 valence electrons. The van der Waals surface area contributed by atoms with Gasteiger partial charge in [0.05, 0.1) is 5.02 Å². The number of rotatable bonds is 7. The van der Waals surface area contributed by atoms with Gasteiger partial charge in [-0.05, 0) is 65.9 Å². The fourth-order valence-electron chi connectivity index (χ4n) is 4.00. The molecule has 0 atom stereocenters. The summed E-state index contributed by atoms with van der Waals surface area (Å²) in [6.45, 7) is 8.17. The molecule has 0 unspecified atom stereocenters. The zero-order valence-corrected chi connectivity index (χ0v) is 23.7. The summed E-state index contributed by atoms with van der Waals surface area (Å²) in [5.41, 5.74) is 3.82. The van der Waals surface area contributed by atoms with Crippen LogP contribution in [0, 0.1) is 6.92 Å². The maximum atomic E-state index is 13.1. The number of carbonyl (C=O) groups excluding carboxylic acids is 2. The molecule has 4 aromatic carbocycles. The molecule has 39 heavy (non-hydrogen) atoms. The minimum Gasteiger partial charge on any atom is -0.322 e. The number of aryl methyl sites for hydroxylation is 1. The van der Waals surface area contributed by atoms with Crippen LogP contribution in [0.5, 0.6) is 0 Å². The van der Waals surface area contributed by atoms with Crippen molar-refractivity contribution in [2.45, 2.75) is 38.0 Å². The van der Waals surface area contributed by atoms with E-state index in [9.17, 15) is 18.0 Å². The first-order chi connectivity index (χ1) is 18.3. The number of nitrogens with one attached hydrogen (secondary N) is 2. The molecule has 0 bridgehead atoms. The van der Waals surface area contributed by atoms with Gasteiger partial charge >= 0.3 is 0 Å². The number of sulfonamides is 1. The molecule has 0 radical (unpaired) electrons. The smallest absolute Gasteiger partial charge is 0.263 e. The lowest BCUT2D eigenvalue weighted by atomic mass is 9.86. The third-order valence-corrected chi connectivity index (χ3v) is 8.01. The zero-order valence-electron chi connectivity index (χ0n) is 22.1. The van der Waals surface area contributed by atoms with Crippen LogP contribution >= 0.6 is 11.6 Å². The van der Waals surface area contributed by atoms with Crippen molar-refractivity contribution in [1.82, 2.24) is 0 Å². The summed E-state index contributed by atoms with van der Waals surface area (Å²) >= 11 is 6.20. The number of hydrogen-bond acceptors (Lipinski definition) is 4. The highest BCUT2D eigenvalue weighted by atomic mass is 35.5. The molecule has 8 heteroatoms. The lowest BCUT2D eigenvalue weighted by molar-refractivity contribution is 0.102. The van der Waals surface area contributed by atoms with E-state index in [-0.39, 0.29) is 26.7 Å². The highest BCUT2D eigenvalue weighted by Gasteiger charge is 2.21. The van der Waals surface area contributed by atoms with E-state index in [0.717, 1.165) is 11.1 Å². The number of carbonyl (C=O) groups is 2. The Labute approximate surface area is 234 Å². The molecule has 0 aromatic heterocycles. The van der Waals surface area contributed by atoms with Crippen molar-refractivity contribution < 1.29 is 18.0 Å².